The summed E-state index contributed by atoms with van der Waals surface area (Å²) in [6.45, 7) is 1.96. The molecule has 0 aliphatic heterocycles. The molecule has 2 nitrogen and oxygen atoms in total. The molecular weight excluding hydrogens is 255 g/mol. The minimum Gasteiger partial charge on any atom is -0.397 e. The minimum atomic E-state index is 0.639. The fourth-order valence-corrected chi connectivity index (χ4v) is 1.82. The largest absolute Gasteiger partial charge is 0.397 e. The van der Waals surface area contributed by atoms with Crippen LogP contribution in [0.4, 0.5) is 17.1 Å². The highest BCUT2D eigenvalue weighted by atomic mass is 35.5. The molecule has 0 unspecified atom stereocenters. The molecule has 0 heterocycles. The molecule has 0 saturated heterocycles. The Hall–Kier alpha value is -1.38. The third-order valence-corrected chi connectivity index (χ3v) is 3.11. The molecule has 0 saturated carbocycles. The van der Waals surface area contributed by atoms with Crippen molar-refractivity contribution in [3.05, 3.63) is 52.0 Å². The van der Waals surface area contributed by atoms with Crippen molar-refractivity contribution in [3.8, 4) is 0 Å². The molecule has 0 radical (unpaired) electrons. The van der Waals surface area contributed by atoms with Crippen LogP contribution < -0.4 is 11.1 Å². The summed E-state index contributed by atoms with van der Waals surface area (Å²) >= 11 is 12.0. The summed E-state index contributed by atoms with van der Waals surface area (Å²) in [4.78, 5) is 0. The number of rotatable bonds is 2. The van der Waals surface area contributed by atoms with Crippen LogP contribution in [0.1, 0.15) is 5.56 Å². The third-order valence-electron chi connectivity index (χ3n) is 2.47. The van der Waals surface area contributed by atoms with Crippen LogP contribution in [0.2, 0.25) is 10.0 Å². The molecule has 4 heteroatoms. The Bertz CT molecular complexity index is 553. The Kier molecular flexibility index (Phi) is 3.46. The third kappa shape index (κ3) is 2.84. The number of halogens is 2. The van der Waals surface area contributed by atoms with Crippen molar-refractivity contribution in [2.75, 3.05) is 11.1 Å². The van der Waals surface area contributed by atoms with Gasteiger partial charge < -0.3 is 11.1 Å². The quantitative estimate of drug-likeness (QED) is 0.778. The molecule has 2 rings (SSSR count). The topological polar surface area (TPSA) is 38.0 Å². The lowest BCUT2D eigenvalue weighted by molar-refractivity contribution is 1.45. The van der Waals surface area contributed by atoms with Gasteiger partial charge >= 0.3 is 0 Å². The minimum absolute atomic E-state index is 0.639. The van der Waals surface area contributed by atoms with Crippen molar-refractivity contribution in [1.29, 1.82) is 0 Å². The maximum absolute atomic E-state index is 6.05. The Balaban J connectivity index is 2.31. The Morgan fingerprint density at radius 3 is 2.53 bits per heavy atom. The molecule has 0 aliphatic carbocycles. The van der Waals surface area contributed by atoms with E-state index in [1.54, 1.807) is 18.2 Å². The fourth-order valence-electron chi connectivity index (χ4n) is 1.46. The summed E-state index contributed by atoms with van der Waals surface area (Å²) < 4.78 is 0. The number of nitrogens with one attached hydrogen (secondary N) is 1. The van der Waals surface area contributed by atoms with E-state index in [1.165, 1.54) is 0 Å². The predicted molar refractivity (Wildman–Crippen MR) is 75.3 cm³/mol. The maximum atomic E-state index is 6.05. The van der Waals surface area contributed by atoms with Gasteiger partial charge in [0.05, 0.1) is 11.4 Å². The molecule has 0 aliphatic rings. The van der Waals surface area contributed by atoms with Crippen LogP contribution >= 0.6 is 23.2 Å². The maximum Gasteiger partial charge on any atom is 0.0632 e. The zero-order valence-electron chi connectivity index (χ0n) is 9.30. The molecular formula is C13H12Cl2N2. The van der Waals surface area contributed by atoms with Gasteiger partial charge in [-0.1, -0.05) is 29.3 Å². The van der Waals surface area contributed by atoms with Gasteiger partial charge in [-0.25, -0.2) is 0 Å². The summed E-state index contributed by atoms with van der Waals surface area (Å²) in [6.07, 6.45) is 0. The zero-order valence-corrected chi connectivity index (χ0v) is 10.8. The van der Waals surface area contributed by atoms with Crippen molar-refractivity contribution < 1.29 is 0 Å². The highest BCUT2D eigenvalue weighted by Gasteiger charge is 2.02. The molecule has 2 aromatic rings. The van der Waals surface area contributed by atoms with E-state index in [-0.39, 0.29) is 0 Å². The second-order valence-electron chi connectivity index (χ2n) is 3.82. The SMILES string of the molecule is Cc1ccc(Nc2cc(Cl)ccc2N)cc1Cl. The second kappa shape index (κ2) is 4.86. The summed E-state index contributed by atoms with van der Waals surface area (Å²) in [5, 5.41) is 4.54. The molecule has 0 atom stereocenters. The first-order valence-corrected chi connectivity index (χ1v) is 5.90. The molecule has 0 fully saturated rings. The van der Waals surface area contributed by atoms with Crippen LogP contribution in [-0.4, -0.2) is 0 Å². The van der Waals surface area contributed by atoms with Crippen molar-refractivity contribution >= 4 is 40.3 Å². The van der Waals surface area contributed by atoms with Gasteiger partial charge in [-0.2, -0.15) is 0 Å². The van der Waals surface area contributed by atoms with E-state index < -0.39 is 0 Å². The lowest BCUT2D eigenvalue weighted by atomic mass is 10.2. The number of hydrogen-bond acceptors (Lipinski definition) is 2. The zero-order chi connectivity index (χ0) is 12.4. The van der Waals surface area contributed by atoms with Gasteiger partial charge in [0.2, 0.25) is 0 Å². The van der Waals surface area contributed by atoms with E-state index in [9.17, 15) is 0 Å². The van der Waals surface area contributed by atoms with Crippen LogP contribution in [0.5, 0.6) is 0 Å². The van der Waals surface area contributed by atoms with Gasteiger partial charge in [0.1, 0.15) is 0 Å². The fraction of sp³-hybridized carbons (Fsp3) is 0.0769. The smallest absolute Gasteiger partial charge is 0.0632 e. The van der Waals surface area contributed by atoms with Crippen molar-refractivity contribution in [3.63, 3.8) is 0 Å². The van der Waals surface area contributed by atoms with Gasteiger partial charge in [0.25, 0.3) is 0 Å². The Morgan fingerprint density at radius 2 is 1.82 bits per heavy atom. The van der Waals surface area contributed by atoms with Gasteiger partial charge in [-0.05, 0) is 42.8 Å². The molecule has 0 bridgehead atoms. The standard InChI is InChI=1S/C13H12Cl2N2/c1-8-2-4-10(7-11(8)15)17-13-6-9(14)3-5-12(13)16/h2-7,17H,16H2,1H3. The molecule has 0 aromatic heterocycles. The van der Waals surface area contributed by atoms with E-state index >= 15 is 0 Å². The number of hydrogen-bond donors (Lipinski definition) is 2. The normalized spacial score (nSPS) is 10.3. The van der Waals surface area contributed by atoms with E-state index in [4.69, 9.17) is 28.9 Å². The molecule has 17 heavy (non-hydrogen) atoms. The van der Waals surface area contributed by atoms with Crippen molar-refractivity contribution in [1.82, 2.24) is 0 Å². The lowest BCUT2D eigenvalue weighted by Crippen LogP contribution is -1.96. The number of anilines is 3. The first-order valence-electron chi connectivity index (χ1n) is 5.14. The predicted octanol–water partition coefficient (Wildman–Crippen LogP) is 4.63. The summed E-state index contributed by atoms with van der Waals surface area (Å²) in [7, 11) is 0. The summed E-state index contributed by atoms with van der Waals surface area (Å²) in [5.41, 5.74) is 9.19. The Morgan fingerprint density at radius 1 is 1.06 bits per heavy atom. The van der Waals surface area contributed by atoms with Crippen molar-refractivity contribution in [2.24, 2.45) is 0 Å². The molecule has 88 valence electrons. The van der Waals surface area contributed by atoms with Gasteiger partial charge in [-0.3, -0.25) is 0 Å². The lowest BCUT2D eigenvalue weighted by Gasteiger charge is -2.10. The van der Waals surface area contributed by atoms with E-state index in [2.05, 4.69) is 5.32 Å². The van der Waals surface area contributed by atoms with Gasteiger partial charge in [0, 0.05) is 15.7 Å². The van der Waals surface area contributed by atoms with Crippen LogP contribution in [-0.2, 0) is 0 Å². The molecule has 0 amide bonds. The highest BCUT2D eigenvalue weighted by Crippen LogP contribution is 2.28. The average Bonchev–Trinajstić information content (AvgIpc) is 2.29. The number of benzene rings is 2. The average molecular weight is 267 g/mol. The monoisotopic (exact) mass is 266 g/mol. The number of aryl methyl sites for hydroxylation is 1. The summed E-state index contributed by atoms with van der Waals surface area (Å²) in [5.74, 6) is 0. The summed E-state index contributed by atoms with van der Waals surface area (Å²) in [6, 6.07) is 11.1. The van der Waals surface area contributed by atoms with Crippen LogP contribution in [0, 0.1) is 6.92 Å². The van der Waals surface area contributed by atoms with E-state index in [0.717, 1.165) is 22.0 Å². The number of nitrogens with two attached hydrogens (primary N) is 1. The molecule has 2 aromatic carbocycles. The van der Waals surface area contributed by atoms with Crippen molar-refractivity contribution in [2.45, 2.75) is 6.92 Å². The van der Waals surface area contributed by atoms with Crippen LogP contribution in [0.25, 0.3) is 0 Å². The Labute approximate surface area is 110 Å². The highest BCUT2D eigenvalue weighted by molar-refractivity contribution is 6.31. The second-order valence-corrected chi connectivity index (χ2v) is 4.66. The van der Waals surface area contributed by atoms with E-state index in [0.29, 0.717) is 10.7 Å². The first-order chi connectivity index (χ1) is 8.06. The van der Waals surface area contributed by atoms with E-state index in [1.807, 2.05) is 25.1 Å². The first kappa shape index (κ1) is 12.1. The molecule has 3 N–H and O–H groups in total. The van der Waals surface area contributed by atoms with Crippen LogP contribution in [0.3, 0.4) is 0 Å². The van der Waals surface area contributed by atoms with Gasteiger partial charge in [0.15, 0.2) is 0 Å². The van der Waals surface area contributed by atoms with Gasteiger partial charge in [-0.15, -0.1) is 0 Å². The molecule has 0 spiro atoms. The van der Waals surface area contributed by atoms with Crippen LogP contribution in [0.15, 0.2) is 36.4 Å². The number of nitrogen functional groups attached to an aromatic ring is 1.